The summed E-state index contributed by atoms with van der Waals surface area (Å²) in [6, 6.07) is 3.49. The Balaban J connectivity index is 2.50. The number of halogens is 3. The van der Waals surface area contributed by atoms with Crippen molar-refractivity contribution in [3.05, 3.63) is 32.8 Å². The molecule has 0 atom stereocenters. The first-order valence-electron chi connectivity index (χ1n) is 5.50. The van der Waals surface area contributed by atoms with Crippen LogP contribution in [0.25, 0.3) is 0 Å². The maximum Gasteiger partial charge on any atom is 0.0652 e. The predicted octanol–water partition coefficient (Wildman–Crippen LogP) is 4.93. The van der Waals surface area contributed by atoms with Gasteiger partial charge in [0.1, 0.15) is 0 Å². The van der Waals surface area contributed by atoms with Gasteiger partial charge in [-0.2, -0.15) is 0 Å². The fraction of sp³-hybridized carbons (Fsp3) is 0.500. The monoisotopic (exact) mass is 279 g/mol. The summed E-state index contributed by atoms with van der Waals surface area (Å²) >= 11 is 18.1. The first-order valence-corrected chi connectivity index (χ1v) is 6.63. The van der Waals surface area contributed by atoms with Crippen molar-refractivity contribution in [3.8, 4) is 0 Å². The van der Waals surface area contributed by atoms with Crippen molar-refractivity contribution in [1.29, 1.82) is 0 Å². The molecular formula is C12H16Cl3N. The van der Waals surface area contributed by atoms with Gasteiger partial charge in [0.05, 0.1) is 10.0 Å². The molecule has 0 saturated carbocycles. The molecule has 1 aromatic rings. The standard InChI is InChI=1S/C12H16Cl3N/c1-2-3-4-7-16-8-9-10(13)5-6-11(14)12(9)15/h5-6,16H,2-4,7-8H2,1H3. The van der Waals surface area contributed by atoms with E-state index in [-0.39, 0.29) is 0 Å². The third-order valence-electron chi connectivity index (χ3n) is 2.40. The quantitative estimate of drug-likeness (QED) is 0.576. The van der Waals surface area contributed by atoms with Crippen molar-refractivity contribution >= 4 is 34.8 Å². The number of benzene rings is 1. The van der Waals surface area contributed by atoms with Crippen LogP contribution in [0.15, 0.2) is 12.1 Å². The molecule has 90 valence electrons. The van der Waals surface area contributed by atoms with Crippen LogP contribution in [-0.4, -0.2) is 6.54 Å². The molecule has 1 N–H and O–H groups in total. The van der Waals surface area contributed by atoms with Crippen molar-refractivity contribution in [2.75, 3.05) is 6.54 Å². The Kier molecular flexibility index (Phi) is 6.52. The first kappa shape index (κ1) is 14.1. The van der Waals surface area contributed by atoms with Gasteiger partial charge in [0.25, 0.3) is 0 Å². The lowest BCUT2D eigenvalue weighted by Gasteiger charge is -2.09. The Labute approximate surface area is 112 Å². The van der Waals surface area contributed by atoms with Crippen LogP contribution in [0, 0.1) is 0 Å². The first-order chi connectivity index (χ1) is 7.66. The molecule has 0 heterocycles. The molecule has 0 fully saturated rings. The molecule has 1 rings (SSSR count). The van der Waals surface area contributed by atoms with E-state index in [1.165, 1.54) is 19.3 Å². The summed E-state index contributed by atoms with van der Waals surface area (Å²) < 4.78 is 0. The van der Waals surface area contributed by atoms with Gasteiger partial charge in [0.15, 0.2) is 0 Å². The minimum Gasteiger partial charge on any atom is -0.313 e. The van der Waals surface area contributed by atoms with Crippen molar-refractivity contribution in [1.82, 2.24) is 5.32 Å². The average molecular weight is 281 g/mol. The summed E-state index contributed by atoms with van der Waals surface area (Å²) in [7, 11) is 0. The largest absolute Gasteiger partial charge is 0.313 e. The molecular weight excluding hydrogens is 264 g/mol. The van der Waals surface area contributed by atoms with E-state index < -0.39 is 0 Å². The molecule has 0 saturated heterocycles. The minimum atomic E-state index is 0.552. The van der Waals surface area contributed by atoms with Gasteiger partial charge in [0.2, 0.25) is 0 Å². The second kappa shape index (κ2) is 7.39. The van der Waals surface area contributed by atoms with Crippen LogP contribution < -0.4 is 5.32 Å². The highest BCUT2D eigenvalue weighted by atomic mass is 35.5. The summed E-state index contributed by atoms with van der Waals surface area (Å²) in [5, 5.41) is 5.09. The molecule has 0 aliphatic rings. The molecule has 0 unspecified atom stereocenters. The zero-order valence-electron chi connectivity index (χ0n) is 9.32. The van der Waals surface area contributed by atoms with Crippen LogP contribution in [0.3, 0.4) is 0 Å². The summed E-state index contributed by atoms with van der Waals surface area (Å²) in [5.74, 6) is 0. The molecule has 0 aromatic heterocycles. The van der Waals surface area contributed by atoms with Crippen LogP contribution in [-0.2, 0) is 6.54 Å². The predicted molar refractivity (Wildman–Crippen MR) is 72.7 cm³/mol. The van der Waals surface area contributed by atoms with Gasteiger partial charge < -0.3 is 5.32 Å². The summed E-state index contributed by atoms with van der Waals surface area (Å²) in [6.45, 7) is 3.83. The van der Waals surface area contributed by atoms with Crippen LogP contribution in [0.2, 0.25) is 15.1 Å². The molecule has 0 radical (unpaired) electrons. The number of nitrogens with one attached hydrogen (secondary N) is 1. The Bertz CT molecular complexity index is 339. The van der Waals surface area contributed by atoms with Gasteiger partial charge >= 0.3 is 0 Å². The van der Waals surface area contributed by atoms with Gasteiger partial charge in [0, 0.05) is 17.1 Å². The fourth-order valence-corrected chi connectivity index (χ4v) is 2.13. The normalized spacial score (nSPS) is 10.8. The highest BCUT2D eigenvalue weighted by Crippen LogP contribution is 2.31. The molecule has 0 spiro atoms. The lowest BCUT2D eigenvalue weighted by atomic mass is 10.2. The smallest absolute Gasteiger partial charge is 0.0652 e. The molecule has 0 aliphatic carbocycles. The summed E-state index contributed by atoms with van der Waals surface area (Å²) in [5.41, 5.74) is 0.882. The summed E-state index contributed by atoms with van der Waals surface area (Å²) in [6.07, 6.45) is 3.64. The minimum absolute atomic E-state index is 0.552. The zero-order chi connectivity index (χ0) is 12.0. The number of rotatable bonds is 6. The molecule has 16 heavy (non-hydrogen) atoms. The van der Waals surface area contributed by atoms with E-state index in [4.69, 9.17) is 34.8 Å². The lowest BCUT2D eigenvalue weighted by molar-refractivity contribution is 0.617. The SMILES string of the molecule is CCCCCNCc1c(Cl)ccc(Cl)c1Cl. The van der Waals surface area contributed by atoms with E-state index in [1.54, 1.807) is 12.1 Å². The fourth-order valence-electron chi connectivity index (χ4n) is 1.44. The topological polar surface area (TPSA) is 12.0 Å². The maximum atomic E-state index is 6.08. The maximum absolute atomic E-state index is 6.08. The van der Waals surface area contributed by atoms with Crippen LogP contribution in [0.4, 0.5) is 0 Å². The van der Waals surface area contributed by atoms with Crippen molar-refractivity contribution < 1.29 is 0 Å². The second-order valence-corrected chi connectivity index (χ2v) is 4.90. The third kappa shape index (κ3) is 4.14. The van der Waals surface area contributed by atoms with Crippen LogP contribution in [0.1, 0.15) is 31.7 Å². The number of unbranched alkanes of at least 4 members (excludes halogenated alkanes) is 2. The van der Waals surface area contributed by atoms with Crippen LogP contribution >= 0.6 is 34.8 Å². The van der Waals surface area contributed by atoms with E-state index in [0.717, 1.165) is 12.1 Å². The summed E-state index contributed by atoms with van der Waals surface area (Å²) in [4.78, 5) is 0. The van der Waals surface area contributed by atoms with Crippen molar-refractivity contribution in [3.63, 3.8) is 0 Å². The van der Waals surface area contributed by atoms with Gasteiger partial charge in [-0.15, -0.1) is 0 Å². The molecule has 0 bridgehead atoms. The Hall–Kier alpha value is 0.0500. The van der Waals surface area contributed by atoms with Crippen molar-refractivity contribution in [2.24, 2.45) is 0 Å². The van der Waals surface area contributed by atoms with Gasteiger partial charge in [-0.25, -0.2) is 0 Å². The highest BCUT2D eigenvalue weighted by Gasteiger charge is 2.08. The molecule has 0 amide bonds. The van der Waals surface area contributed by atoms with E-state index in [9.17, 15) is 0 Å². The van der Waals surface area contributed by atoms with E-state index in [0.29, 0.717) is 21.6 Å². The average Bonchev–Trinajstić information content (AvgIpc) is 2.28. The van der Waals surface area contributed by atoms with Crippen LogP contribution in [0.5, 0.6) is 0 Å². The van der Waals surface area contributed by atoms with Gasteiger partial charge in [-0.1, -0.05) is 54.6 Å². The van der Waals surface area contributed by atoms with E-state index >= 15 is 0 Å². The Morgan fingerprint density at radius 2 is 1.75 bits per heavy atom. The highest BCUT2D eigenvalue weighted by molar-refractivity contribution is 6.44. The van der Waals surface area contributed by atoms with E-state index in [1.807, 2.05) is 0 Å². The molecule has 1 nitrogen and oxygen atoms in total. The Morgan fingerprint density at radius 3 is 2.44 bits per heavy atom. The number of hydrogen-bond acceptors (Lipinski definition) is 1. The molecule has 4 heteroatoms. The second-order valence-electron chi connectivity index (χ2n) is 3.71. The lowest BCUT2D eigenvalue weighted by Crippen LogP contribution is -2.15. The van der Waals surface area contributed by atoms with Crippen molar-refractivity contribution in [2.45, 2.75) is 32.7 Å². The molecule has 0 aliphatic heterocycles. The van der Waals surface area contributed by atoms with Gasteiger partial charge in [-0.3, -0.25) is 0 Å². The molecule has 1 aromatic carbocycles. The van der Waals surface area contributed by atoms with E-state index in [2.05, 4.69) is 12.2 Å². The Morgan fingerprint density at radius 1 is 1.06 bits per heavy atom. The zero-order valence-corrected chi connectivity index (χ0v) is 11.6. The third-order valence-corrected chi connectivity index (χ3v) is 3.60. The van der Waals surface area contributed by atoms with Gasteiger partial charge in [-0.05, 0) is 25.1 Å². The number of hydrogen-bond donors (Lipinski definition) is 1.